The zero-order chi connectivity index (χ0) is 11.2. The highest BCUT2D eigenvalue weighted by molar-refractivity contribution is 9.10. The second-order valence-electron chi connectivity index (χ2n) is 3.58. The van der Waals surface area contributed by atoms with Crippen molar-refractivity contribution < 1.29 is 9.59 Å². The van der Waals surface area contributed by atoms with E-state index in [9.17, 15) is 9.59 Å². The van der Waals surface area contributed by atoms with Crippen molar-refractivity contribution in [1.82, 2.24) is 15.1 Å². The van der Waals surface area contributed by atoms with Gasteiger partial charge in [0.25, 0.3) is 0 Å². The van der Waals surface area contributed by atoms with Crippen molar-refractivity contribution in [3.8, 4) is 0 Å². The van der Waals surface area contributed by atoms with Crippen LogP contribution in [0.3, 0.4) is 0 Å². The summed E-state index contributed by atoms with van der Waals surface area (Å²) < 4.78 is 1.64. The van der Waals surface area contributed by atoms with Crippen molar-refractivity contribution in [3.63, 3.8) is 0 Å². The molecule has 1 aliphatic rings. The van der Waals surface area contributed by atoms with E-state index in [1.807, 2.05) is 6.92 Å². The Morgan fingerprint density at radius 1 is 1.47 bits per heavy atom. The molecule has 0 aliphatic carbocycles. The first-order valence-corrected chi connectivity index (χ1v) is 5.41. The van der Waals surface area contributed by atoms with Gasteiger partial charge in [0.05, 0.1) is 11.6 Å². The van der Waals surface area contributed by atoms with Crippen LogP contribution in [-0.2, 0) is 16.6 Å². The molecule has 0 bridgehead atoms. The molecule has 15 heavy (non-hydrogen) atoms. The Hall–Kier alpha value is -1.17. The molecule has 2 rings (SSSR count). The van der Waals surface area contributed by atoms with Gasteiger partial charge >= 0.3 is 0 Å². The van der Waals surface area contributed by atoms with E-state index < -0.39 is 10.7 Å². The topological polar surface area (TPSA) is 64.0 Å². The van der Waals surface area contributed by atoms with Gasteiger partial charge in [0.1, 0.15) is 4.83 Å². The lowest BCUT2D eigenvalue weighted by molar-refractivity contribution is -0.125. The van der Waals surface area contributed by atoms with Gasteiger partial charge < -0.3 is 0 Å². The number of rotatable bonds is 1. The third kappa shape index (κ3) is 1.58. The standard InChI is InChI=1S/C9H10BrN3O2/c1-4-5(3-13(2)12-4)6-7(10)9(15)11-8(6)14/h3,6-7H,1-2H3,(H,11,14,15). The fourth-order valence-corrected chi connectivity index (χ4v) is 2.41. The molecule has 2 unspecified atom stereocenters. The normalized spacial score (nSPS) is 25.8. The van der Waals surface area contributed by atoms with E-state index in [0.29, 0.717) is 0 Å². The number of aromatic nitrogens is 2. The van der Waals surface area contributed by atoms with E-state index in [2.05, 4.69) is 26.3 Å². The minimum atomic E-state index is -0.493. The summed E-state index contributed by atoms with van der Waals surface area (Å²) in [6, 6.07) is 0. The number of carbonyl (C=O) groups is 2. The third-order valence-electron chi connectivity index (χ3n) is 2.46. The van der Waals surface area contributed by atoms with Crippen molar-refractivity contribution >= 4 is 27.7 Å². The van der Waals surface area contributed by atoms with E-state index in [1.165, 1.54) is 0 Å². The van der Waals surface area contributed by atoms with Crippen molar-refractivity contribution in [2.75, 3.05) is 0 Å². The lowest BCUT2D eigenvalue weighted by Crippen LogP contribution is -2.22. The van der Waals surface area contributed by atoms with Gasteiger partial charge in [-0.15, -0.1) is 0 Å². The van der Waals surface area contributed by atoms with Crippen molar-refractivity contribution in [2.45, 2.75) is 17.7 Å². The van der Waals surface area contributed by atoms with Gasteiger partial charge in [-0.2, -0.15) is 5.10 Å². The summed E-state index contributed by atoms with van der Waals surface area (Å²) in [5.41, 5.74) is 1.57. The van der Waals surface area contributed by atoms with Gasteiger partial charge in [-0.05, 0) is 6.92 Å². The van der Waals surface area contributed by atoms with Crippen LogP contribution in [0.1, 0.15) is 17.2 Å². The number of halogens is 1. The second kappa shape index (κ2) is 3.44. The maximum Gasteiger partial charge on any atom is 0.241 e. The average Bonchev–Trinajstić information content (AvgIpc) is 2.56. The van der Waals surface area contributed by atoms with E-state index in [4.69, 9.17) is 0 Å². The number of hydrogen-bond donors (Lipinski definition) is 1. The van der Waals surface area contributed by atoms with Crippen LogP contribution < -0.4 is 5.32 Å². The quantitative estimate of drug-likeness (QED) is 0.588. The van der Waals surface area contributed by atoms with Crippen molar-refractivity contribution in [1.29, 1.82) is 0 Å². The van der Waals surface area contributed by atoms with Crippen LogP contribution in [0.25, 0.3) is 0 Å². The molecule has 1 aliphatic heterocycles. The van der Waals surface area contributed by atoms with Crippen LogP contribution in [0, 0.1) is 6.92 Å². The highest BCUT2D eigenvalue weighted by Gasteiger charge is 2.42. The van der Waals surface area contributed by atoms with Crippen molar-refractivity contribution in [3.05, 3.63) is 17.5 Å². The Morgan fingerprint density at radius 3 is 2.53 bits per heavy atom. The van der Waals surface area contributed by atoms with E-state index in [0.717, 1.165) is 11.3 Å². The molecule has 0 aromatic carbocycles. The molecule has 0 saturated carbocycles. The Labute approximate surface area is 95.0 Å². The number of hydrogen-bond acceptors (Lipinski definition) is 3. The molecule has 5 nitrogen and oxygen atoms in total. The molecule has 2 amide bonds. The maximum absolute atomic E-state index is 11.6. The molecular formula is C9H10BrN3O2. The smallest absolute Gasteiger partial charge is 0.241 e. The fourth-order valence-electron chi connectivity index (χ4n) is 1.77. The first kappa shape index (κ1) is 10.4. The molecular weight excluding hydrogens is 262 g/mol. The maximum atomic E-state index is 11.6. The Morgan fingerprint density at radius 2 is 2.13 bits per heavy atom. The highest BCUT2D eigenvalue weighted by Crippen LogP contribution is 2.31. The summed E-state index contributed by atoms with van der Waals surface area (Å²) in [5.74, 6) is -1.02. The molecule has 0 radical (unpaired) electrons. The van der Waals surface area contributed by atoms with E-state index >= 15 is 0 Å². The lowest BCUT2D eigenvalue weighted by Gasteiger charge is -2.07. The highest BCUT2D eigenvalue weighted by atomic mass is 79.9. The third-order valence-corrected chi connectivity index (χ3v) is 3.40. The summed E-state index contributed by atoms with van der Waals surface area (Å²) in [5, 5.41) is 6.44. The molecule has 1 saturated heterocycles. The van der Waals surface area contributed by atoms with Crippen LogP contribution in [0.2, 0.25) is 0 Å². The van der Waals surface area contributed by atoms with Crippen LogP contribution in [0.15, 0.2) is 6.20 Å². The number of alkyl halides is 1. The monoisotopic (exact) mass is 271 g/mol. The van der Waals surface area contributed by atoms with E-state index in [-0.39, 0.29) is 11.8 Å². The number of nitrogens with zero attached hydrogens (tertiary/aromatic N) is 2. The lowest BCUT2D eigenvalue weighted by atomic mass is 9.98. The second-order valence-corrected chi connectivity index (χ2v) is 4.56. The number of imide groups is 1. The minimum absolute atomic E-state index is 0.266. The Balaban J connectivity index is 2.43. The molecule has 2 heterocycles. The van der Waals surface area contributed by atoms with Gasteiger partial charge in [0.15, 0.2) is 0 Å². The molecule has 6 heteroatoms. The summed E-state index contributed by atoms with van der Waals surface area (Å²) >= 11 is 3.22. The summed E-state index contributed by atoms with van der Waals surface area (Å²) in [7, 11) is 1.79. The zero-order valence-electron chi connectivity index (χ0n) is 8.32. The van der Waals surface area contributed by atoms with Crippen LogP contribution in [-0.4, -0.2) is 26.4 Å². The first-order chi connectivity index (χ1) is 7.00. The first-order valence-electron chi connectivity index (χ1n) is 4.49. The molecule has 1 N–H and O–H groups in total. The van der Waals surface area contributed by atoms with Crippen molar-refractivity contribution in [2.24, 2.45) is 7.05 Å². The molecule has 1 aromatic heterocycles. The predicted molar refractivity (Wildman–Crippen MR) is 56.6 cm³/mol. The number of amides is 2. The molecule has 1 aromatic rings. The number of carbonyl (C=O) groups excluding carboxylic acids is 2. The summed E-state index contributed by atoms with van der Waals surface area (Å²) in [6.07, 6.45) is 1.77. The summed E-state index contributed by atoms with van der Waals surface area (Å²) in [6.45, 7) is 1.82. The molecule has 1 fully saturated rings. The Bertz CT molecular complexity index is 441. The fraction of sp³-hybridized carbons (Fsp3) is 0.444. The van der Waals surface area contributed by atoms with Crippen LogP contribution in [0.5, 0.6) is 0 Å². The van der Waals surface area contributed by atoms with Gasteiger partial charge in [-0.25, -0.2) is 0 Å². The number of nitrogens with one attached hydrogen (secondary N) is 1. The molecule has 80 valence electrons. The zero-order valence-corrected chi connectivity index (χ0v) is 9.91. The largest absolute Gasteiger partial charge is 0.295 e. The molecule has 2 atom stereocenters. The Kier molecular flexibility index (Phi) is 2.38. The predicted octanol–water partition coefficient (Wildman–Crippen LogP) is 0.232. The average molecular weight is 272 g/mol. The van der Waals surface area contributed by atoms with E-state index in [1.54, 1.807) is 17.9 Å². The van der Waals surface area contributed by atoms with Gasteiger partial charge in [0, 0.05) is 18.8 Å². The van der Waals surface area contributed by atoms with Crippen LogP contribution in [0.4, 0.5) is 0 Å². The van der Waals surface area contributed by atoms with Gasteiger partial charge in [-0.1, -0.05) is 15.9 Å². The number of aryl methyl sites for hydroxylation is 2. The minimum Gasteiger partial charge on any atom is -0.295 e. The summed E-state index contributed by atoms with van der Waals surface area (Å²) in [4.78, 5) is 22.3. The molecule has 0 spiro atoms. The SMILES string of the molecule is Cc1nn(C)cc1C1C(=O)NC(=O)C1Br. The van der Waals surface area contributed by atoms with Gasteiger partial charge in [-0.3, -0.25) is 19.6 Å². The van der Waals surface area contributed by atoms with Crippen LogP contribution >= 0.6 is 15.9 Å². The van der Waals surface area contributed by atoms with Gasteiger partial charge in [0.2, 0.25) is 11.8 Å².